The van der Waals surface area contributed by atoms with Crippen LogP contribution in [0.4, 0.5) is 0 Å². The first-order chi connectivity index (χ1) is 15.4. The van der Waals surface area contributed by atoms with Gasteiger partial charge in [-0.15, -0.1) is 0 Å². The van der Waals surface area contributed by atoms with E-state index in [0.717, 1.165) is 59.7 Å². The van der Waals surface area contributed by atoms with Crippen molar-refractivity contribution in [3.63, 3.8) is 0 Å². The van der Waals surface area contributed by atoms with Crippen molar-refractivity contribution in [2.24, 2.45) is 5.92 Å². The quantitative estimate of drug-likeness (QED) is 0.710. The second-order valence-corrected chi connectivity index (χ2v) is 9.15. The molecule has 0 aliphatic carbocycles. The molecule has 0 radical (unpaired) electrons. The summed E-state index contributed by atoms with van der Waals surface area (Å²) in [4.78, 5) is 24.3. The Bertz CT molecular complexity index is 1190. The van der Waals surface area contributed by atoms with E-state index >= 15 is 0 Å². The van der Waals surface area contributed by atoms with Crippen molar-refractivity contribution in [1.82, 2.24) is 19.7 Å². The fourth-order valence-corrected chi connectivity index (χ4v) is 4.68. The Kier molecular flexibility index (Phi) is 5.25. The van der Waals surface area contributed by atoms with Gasteiger partial charge in [0.2, 0.25) is 0 Å². The number of piperazine rings is 1. The molecule has 3 aliphatic rings. The molecule has 5 rings (SSSR count). The number of hydrogen-bond acceptors (Lipinski definition) is 5. The summed E-state index contributed by atoms with van der Waals surface area (Å²) in [7, 11) is 2.17. The summed E-state index contributed by atoms with van der Waals surface area (Å²) in [6.07, 6.45) is 11.0. The maximum absolute atomic E-state index is 13.4. The molecule has 2 atom stereocenters. The van der Waals surface area contributed by atoms with E-state index in [-0.39, 0.29) is 11.8 Å². The lowest BCUT2D eigenvalue weighted by molar-refractivity contribution is -0.122. The zero-order chi connectivity index (χ0) is 22.4. The third kappa shape index (κ3) is 3.79. The van der Waals surface area contributed by atoms with Crippen LogP contribution in [0.5, 0.6) is 0 Å². The zero-order valence-electron chi connectivity index (χ0n) is 19.2. The average Bonchev–Trinajstić information content (AvgIpc) is 3.15. The van der Waals surface area contributed by atoms with Crippen molar-refractivity contribution >= 4 is 22.6 Å². The van der Waals surface area contributed by atoms with Crippen molar-refractivity contribution < 1.29 is 9.21 Å². The number of oxazole rings is 1. The normalized spacial score (nSPS) is 24.6. The molecular weight excluding hydrogens is 400 g/mol. The number of carbonyl (C=O) groups excluding carboxylic acids is 1. The third-order valence-corrected chi connectivity index (χ3v) is 6.85. The number of aromatic nitrogens is 1. The molecule has 2 aromatic rings. The molecule has 6 heteroatoms. The predicted octanol–water partition coefficient (Wildman–Crippen LogP) is 4.32. The molecule has 3 aliphatic heterocycles. The Labute approximate surface area is 189 Å². The van der Waals surface area contributed by atoms with E-state index in [0.29, 0.717) is 11.9 Å². The largest absolute Gasteiger partial charge is 0.441 e. The van der Waals surface area contributed by atoms with Gasteiger partial charge < -0.3 is 14.2 Å². The fraction of sp³-hybridized carbons (Fsp3) is 0.385. The van der Waals surface area contributed by atoms with Crippen LogP contribution in [0.3, 0.4) is 0 Å². The predicted molar refractivity (Wildman–Crippen MR) is 126 cm³/mol. The Morgan fingerprint density at radius 1 is 1.12 bits per heavy atom. The molecular formula is C26H30N4O2. The Hall–Kier alpha value is -3.12. The molecule has 1 fully saturated rings. The minimum absolute atomic E-state index is 0.0179. The summed E-state index contributed by atoms with van der Waals surface area (Å²) in [5.74, 6) is 0.847. The summed E-state index contributed by atoms with van der Waals surface area (Å²) in [6.45, 7) is 9.21. The van der Waals surface area contributed by atoms with Crippen molar-refractivity contribution in [3.05, 3.63) is 71.6 Å². The Balaban J connectivity index is 1.46. The molecule has 0 bridgehead atoms. The summed E-state index contributed by atoms with van der Waals surface area (Å²) in [5.41, 5.74) is 5.68. The number of nitrogens with zero attached hydrogens (tertiary/aromatic N) is 4. The minimum Gasteiger partial charge on any atom is -0.441 e. The monoisotopic (exact) mass is 430 g/mol. The van der Waals surface area contributed by atoms with Gasteiger partial charge in [-0.1, -0.05) is 19.1 Å². The topological polar surface area (TPSA) is 52.8 Å². The lowest BCUT2D eigenvalue weighted by Gasteiger charge is -2.40. The van der Waals surface area contributed by atoms with Gasteiger partial charge in [-0.3, -0.25) is 9.69 Å². The summed E-state index contributed by atoms with van der Waals surface area (Å²) < 4.78 is 5.73. The van der Waals surface area contributed by atoms with E-state index in [1.807, 2.05) is 31.3 Å². The van der Waals surface area contributed by atoms with Crippen LogP contribution in [0.15, 0.2) is 64.5 Å². The van der Waals surface area contributed by atoms with Gasteiger partial charge in [0.05, 0.1) is 5.70 Å². The summed E-state index contributed by atoms with van der Waals surface area (Å²) in [6, 6.07) is 6.49. The number of fused-ring (bicyclic) bond motifs is 2. The van der Waals surface area contributed by atoms with E-state index in [9.17, 15) is 4.79 Å². The SMILES string of the molecule is Cc1nc2ccc(C3=CC(=O)N4C=C(N5CCN(C)C(C)C5)C=CC4=CCC3C)cc2o1. The highest BCUT2D eigenvalue weighted by molar-refractivity contribution is 5.98. The van der Waals surface area contributed by atoms with Crippen LogP contribution < -0.4 is 0 Å². The number of amides is 1. The van der Waals surface area contributed by atoms with Crippen LogP contribution >= 0.6 is 0 Å². The number of allylic oxidation sites excluding steroid dienone is 4. The molecule has 0 saturated carbocycles. The molecule has 1 aromatic carbocycles. The number of likely N-dealkylation sites (N-methyl/N-ethyl adjacent to an activating group) is 1. The zero-order valence-corrected chi connectivity index (χ0v) is 19.2. The summed E-state index contributed by atoms with van der Waals surface area (Å²) >= 11 is 0. The van der Waals surface area contributed by atoms with Crippen LogP contribution in [0.25, 0.3) is 16.7 Å². The third-order valence-electron chi connectivity index (χ3n) is 6.85. The molecule has 1 saturated heterocycles. The van der Waals surface area contributed by atoms with Crippen LogP contribution in [0, 0.1) is 12.8 Å². The van der Waals surface area contributed by atoms with E-state index < -0.39 is 0 Å². The van der Waals surface area contributed by atoms with Crippen molar-refractivity contribution in [2.45, 2.75) is 33.2 Å². The summed E-state index contributed by atoms with van der Waals surface area (Å²) in [5, 5.41) is 0. The molecule has 4 heterocycles. The number of aryl methyl sites for hydroxylation is 1. The smallest absolute Gasteiger partial charge is 0.255 e. The average molecular weight is 431 g/mol. The van der Waals surface area contributed by atoms with Crippen molar-refractivity contribution in [3.8, 4) is 0 Å². The van der Waals surface area contributed by atoms with Gasteiger partial charge >= 0.3 is 0 Å². The van der Waals surface area contributed by atoms with Crippen LogP contribution in [0.2, 0.25) is 0 Å². The molecule has 0 N–H and O–H groups in total. The van der Waals surface area contributed by atoms with Crippen LogP contribution in [0.1, 0.15) is 31.7 Å². The fourth-order valence-electron chi connectivity index (χ4n) is 4.68. The van der Waals surface area contributed by atoms with Crippen molar-refractivity contribution in [1.29, 1.82) is 0 Å². The number of hydrogen-bond donors (Lipinski definition) is 0. The maximum Gasteiger partial charge on any atom is 0.255 e. The number of benzene rings is 1. The first kappa shape index (κ1) is 20.8. The van der Waals surface area contributed by atoms with E-state index in [1.165, 1.54) is 0 Å². The van der Waals surface area contributed by atoms with Crippen LogP contribution in [-0.4, -0.2) is 58.3 Å². The molecule has 32 heavy (non-hydrogen) atoms. The lowest BCUT2D eigenvalue weighted by atomic mass is 9.89. The standard InChI is InChI=1S/C26H30N4O2/c1-17-5-7-21-8-9-22(29-12-11-28(4)18(2)15-29)16-30(21)26(31)14-23(17)20-6-10-24-25(13-20)32-19(3)27-24/h6-10,13-14,16-18H,5,11-12,15H2,1-4H3. The number of carbonyl (C=O) groups is 1. The molecule has 2 unspecified atom stereocenters. The first-order valence-electron chi connectivity index (χ1n) is 11.4. The molecule has 166 valence electrons. The van der Waals surface area contributed by atoms with Crippen molar-refractivity contribution in [2.75, 3.05) is 26.7 Å². The number of rotatable bonds is 2. The minimum atomic E-state index is -0.0179. The second kappa shape index (κ2) is 8.10. The Morgan fingerprint density at radius 3 is 2.75 bits per heavy atom. The second-order valence-electron chi connectivity index (χ2n) is 9.15. The van der Waals surface area contributed by atoms with Gasteiger partial charge in [0.15, 0.2) is 11.5 Å². The lowest BCUT2D eigenvalue weighted by Crippen LogP contribution is -2.49. The highest BCUT2D eigenvalue weighted by Crippen LogP contribution is 2.33. The maximum atomic E-state index is 13.4. The van der Waals surface area contributed by atoms with E-state index in [4.69, 9.17) is 4.42 Å². The highest BCUT2D eigenvalue weighted by Gasteiger charge is 2.26. The van der Waals surface area contributed by atoms with E-state index in [1.54, 1.807) is 11.0 Å². The van der Waals surface area contributed by atoms with Gasteiger partial charge in [0.25, 0.3) is 5.91 Å². The molecule has 6 nitrogen and oxygen atoms in total. The van der Waals surface area contributed by atoms with Gasteiger partial charge in [0, 0.05) is 50.6 Å². The van der Waals surface area contributed by atoms with Gasteiger partial charge in [-0.25, -0.2) is 4.98 Å². The molecule has 1 amide bonds. The van der Waals surface area contributed by atoms with Crippen LogP contribution in [-0.2, 0) is 4.79 Å². The highest BCUT2D eigenvalue weighted by atomic mass is 16.3. The van der Waals surface area contributed by atoms with E-state index in [2.05, 4.69) is 53.9 Å². The van der Waals surface area contributed by atoms with Gasteiger partial charge in [0.1, 0.15) is 5.52 Å². The molecule has 0 spiro atoms. The molecule has 1 aromatic heterocycles. The first-order valence-corrected chi connectivity index (χ1v) is 11.4. The van der Waals surface area contributed by atoms with Gasteiger partial charge in [-0.2, -0.15) is 0 Å². The Morgan fingerprint density at radius 2 is 1.94 bits per heavy atom. The van der Waals surface area contributed by atoms with Gasteiger partial charge in [-0.05, 0) is 61.7 Å².